The molecule has 0 aliphatic rings. The van der Waals surface area contributed by atoms with E-state index >= 15 is 0 Å². The minimum atomic E-state index is -3.76. The molecule has 7 nitrogen and oxygen atoms in total. The van der Waals surface area contributed by atoms with Crippen LogP contribution in [0.2, 0.25) is 0 Å². The molecule has 0 saturated heterocycles. The number of amides is 1. The summed E-state index contributed by atoms with van der Waals surface area (Å²) in [4.78, 5) is 12.6. The number of sulfonamides is 1. The highest BCUT2D eigenvalue weighted by molar-refractivity contribution is 9.10. The van der Waals surface area contributed by atoms with Crippen molar-refractivity contribution in [2.75, 3.05) is 5.32 Å². The van der Waals surface area contributed by atoms with Crippen molar-refractivity contribution < 1.29 is 22.0 Å². The lowest BCUT2D eigenvalue weighted by Gasteiger charge is -2.09. The number of halogens is 1. The zero-order valence-corrected chi connectivity index (χ0v) is 17.0. The third-order valence-corrected chi connectivity index (χ3v) is 6.19. The van der Waals surface area contributed by atoms with Crippen molar-refractivity contribution >= 4 is 37.5 Å². The molecule has 0 aliphatic heterocycles. The average Bonchev–Trinajstić information content (AvgIpc) is 3.22. The van der Waals surface area contributed by atoms with Crippen molar-refractivity contribution in [2.24, 2.45) is 0 Å². The number of nitrogens with one attached hydrogen (secondary N) is 2. The first-order valence-corrected chi connectivity index (χ1v) is 10.2. The topological polar surface area (TPSA) is 102 Å². The van der Waals surface area contributed by atoms with Crippen molar-refractivity contribution in [1.82, 2.24) is 4.72 Å². The molecule has 142 valence electrons. The number of rotatable bonds is 6. The molecule has 27 heavy (non-hydrogen) atoms. The van der Waals surface area contributed by atoms with E-state index in [0.717, 1.165) is 0 Å². The Morgan fingerprint density at radius 2 is 1.93 bits per heavy atom. The van der Waals surface area contributed by atoms with Gasteiger partial charge < -0.3 is 14.2 Å². The molecule has 2 aromatic heterocycles. The quantitative estimate of drug-likeness (QED) is 0.588. The SMILES string of the molecule is Cc1oc(C)c(C(=O)Nc2cccc(S(=O)(=O)NCc3ccco3)c2)c1Br. The third kappa shape index (κ3) is 4.32. The Labute approximate surface area is 164 Å². The Morgan fingerprint density at radius 1 is 1.15 bits per heavy atom. The van der Waals surface area contributed by atoms with Gasteiger partial charge in [-0.2, -0.15) is 0 Å². The molecular formula is C18H17BrN2O5S. The smallest absolute Gasteiger partial charge is 0.260 e. The van der Waals surface area contributed by atoms with E-state index < -0.39 is 15.9 Å². The number of hydrogen-bond donors (Lipinski definition) is 2. The number of hydrogen-bond acceptors (Lipinski definition) is 5. The summed E-state index contributed by atoms with van der Waals surface area (Å²) >= 11 is 3.33. The van der Waals surface area contributed by atoms with Crippen molar-refractivity contribution in [3.8, 4) is 0 Å². The van der Waals surface area contributed by atoms with E-state index in [9.17, 15) is 13.2 Å². The van der Waals surface area contributed by atoms with Crippen molar-refractivity contribution in [1.29, 1.82) is 0 Å². The molecule has 2 heterocycles. The molecule has 0 spiro atoms. The Hall–Kier alpha value is -2.36. The van der Waals surface area contributed by atoms with Crippen LogP contribution < -0.4 is 10.0 Å². The van der Waals surface area contributed by atoms with Crippen molar-refractivity contribution in [3.05, 3.63) is 70.0 Å². The Morgan fingerprint density at radius 3 is 2.56 bits per heavy atom. The van der Waals surface area contributed by atoms with Crippen LogP contribution in [0.25, 0.3) is 0 Å². The van der Waals surface area contributed by atoms with Gasteiger partial charge in [0.25, 0.3) is 5.91 Å². The van der Waals surface area contributed by atoms with Gasteiger partial charge >= 0.3 is 0 Å². The zero-order valence-electron chi connectivity index (χ0n) is 14.6. The van der Waals surface area contributed by atoms with Crippen LogP contribution in [0.15, 0.2) is 60.9 Å². The molecular weight excluding hydrogens is 436 g/mol. The van der Waals surface area contributed by atoms with E-state index in [1.54, 1.807) is 38.1 Å². The highest BCUT2D eigenvalue weighted by Crippen LogP contribution is 2.28. The molecule has 0 bridgehead atoms. The van der Waals surface area contributed by atoms with Gasteiger partial charge in [0, 0.05) is 5.69 Å². The van der Waals surface area contributed by atoms with Gasteiger partial charge in [-0.05, 0) is 60.1 Å². The fourth-order valence-electron chi connectivity index (χ4n) is 2.51. The molecule has 0 unspecified atom stereocenters. The molecule has 9 heteroatoms. The normalized spacial score (nSPS) is 11.5. The number of carbonyl (C=O) groups is 1. The molecule has 1 amide bonds. The summed E-state index contributed by atoms with van der Waals surface area (Å²) in [5.41, 5.74) is 0.725. The maximum Gasteiger partial charge on any atom is 0.260 e. The first kappa shape index (κ1) is 19.4. The van der Waals surface area contributed by atoms with Gasteiger partial charge in [-0.15, -0.1) is 0 Å². The first-order valence-electron chi connectivity index (χ1n) is 7.97. The van der Waals surface area contributed by atoms with Crippen molar-refractivity contribution in [3.63, 3.8) is 0 Å². The van der Waals surface area contributed by atoms with Crippen LogP contribution >= 0.6 is 15.9 Å². The van der Waals surface area contributed by atoms with Gasteiger partial charge in [-0.1, -0.05) is 6.07 Å². The Bertz CT molecular complexity index is 1070. The monoisotopic (exact) mass is 452 g/mol. The maximum absolute atomic E-state index is 12.5. The molecule has 0 aliphatic carbocycles. The lowest BCUT2D eigenvalue weighted by Crippen LogP contribution is -2.23. The minimum Gasteiger partial charge on any atom is -0.468 e. The number of benzene rings is 1. The molecule has 3 rings (SSSR count). The molecule has 0 radical (unpaired) electrons. The van der Waals surface area contributed by atoms with E-state index in [-0.39, 0.29) is 11.4 Å². The van der Waals surface area contributed by atoms with Crippen LogP contribution in [0.3, 0.4) is 0 Å². The van der Waals surface area contributed by atoms with E-state index in [0.29, 0.717) is 33.0 Å². The Balaban J connectivity index is 1.77. The molecule has 1 aromatic carbocycles. The van der Waals surface area contributed by atoms with Gasteiger partial charge in [-0.25, -0.2) is 13.1 Å². The van der Waals surface area contributed by atoms with Crippen LogP contribution in [0.4, 0.5) is 5.69 Å². The fraction of sp³-hybridized carbons (Fsp3) is 0.167. The largest absolute Gasteiger partial charge is 0.468 e. The van der Waals surface area contributed by atoms with Crippen LogP contribution in [-0.2, 0) is 16.6 Å². The summed E-state index contributed by atoms with van der Waals surface area (Å²) in [6.07, 6.45) is 1.47. The first-order chi connectivity index (χ1) is 12.8. The van der Waals surface area contributed by atoms with E-state index in [1.807, 2.05) is 0 Å². The summed E-state index contributed by atoms with van der Waals surface area (Å²) in [5, 5.41) is 2.70. The van der Waals surface area contributed by atoms with Gasteiger partial charge in [0.15, 0.2) is 0 Å². The summed E-state index contributed by atoms with van der Waals surface area (Å²) in [6, 6.07) is 9.35. The molecule has 0 fully saturated rings. The number of anilines is 1. The standard InChI is InChI=1S/C18H17BrN2O5S/c1-11-16(17(19)12(2)26-11)18(22)21-13-5-3-7-15(9-13)27(23,24)20-10-14-6-4-8-25-14/h3-9,20H,10H2,1-2H3,(H,21,22). The van der Waals surface area contributed by atoms with Gasteiger partial charge in [-0.3, -0.25) is 4.79 Å². The van der Waals surface area contributed by atoms with Gasteiger partial charge in [0.2, 0.25) is 10.0 Å². The van der Waals surface area contributed by atoms with Gasteiger partial charge in [0.1, 0.15) is 17.3 Å². The summed E-state index contributed by atoms with van der Waals surface area (Å²) in [6.45, 7) is 3.46. The predicted molar refractivity (Wildman–Crippen MR) is 103 cm³/mol. The highest BCUT2D eigenvalue weighted by atomic mass is 79.9. The molecule has 0 saturated carbocycles. The second-order valence-corrected chi connectivity index (χ2v) is 8.35. The molecule has 2 N–H and O–H groups in total. The minimum absolute atomic E-state index is 0.0333. The van der Waals surface area contributed by atoms with E-state index in [2.05, 4.69) is 26.0 Å². The van der Waals surface area contributed by atoms with E-state index in [1.165, 1.54) is 18.4 Å². The van der Waals surface area contributed by atoms with Gasteiger partial charge in [0.05, 0.1) is 27.7 Å². The number of furan rings is 2. The number of carbonyl (C=O) groups excluding carboxylic acids is 1. The second-order valence-electron chi connectivity index (χ2n) is 5.79. The lowest BCUT2D eigenvalue weighted by atomic mass is 10.2. The molecule has 0 atom stereocenters. The zero-order chi connectivity index (χ0) is 19.6. The summed E-state index contributed by atoms with van der Waals surface area (Å²) < 4.78 is 38.5. The average molecular weight is 453 g/mol. The van der Waals surface area contributed by atoms with Crippen molar-refractivity contribution in [2.45, 2.75) is 25.3 Å². The number of aryl methyl sites for hydroxylation is 2. The predicted octanol–water partition coefficient (Wildman–Crippen LogP) is 3.98. The second kappa shape index (κ2) is 7.71. The highest BCUT2D eigenvalue weighted by Gasteiger charge is 2.21. The Kier molecular flexibility index (Phi) is 5.54. The summed E-state index contributed by atoms with van der Waals surface area (Å²) in [7, 11) is -3.76. The van der Waals surface area contributed by atoms with Crippen LogP contribution in [0.5, 0.6) is 0 Å². The fourth-order valence-corrected chi connectivity index (χ4v) is 4.09. The third-order valence-electron chi connectivity index (χ3n) is 3.83. The summed E-state index contributed by atoms with van der Waals surface area (Å²) in [5.74, 6) is 1.17. The van der Waals surface area contributed by atoms with E-state index in [4.69, 9.17) is 8.83 Å². The lowest BCUT2D eigenvalue weighted by molar-refractivity contribution is 0.102. The maximum atomic E-state index is 12.5. The molecule has 3 aromatic rings. The van der Waals surface area contributed by atoms with Crippen LogP contribution in [-0.4, -0.2) is 14.3 Å². The van der Waals surface area contributed by atoms with Crippen LogP contribution in [0.1, 0.15) is 27.6 Å². The van der Waals surface area contributed by atoms with Crippen LogP contribution in [0, 0.1) is 13.8 Å².